The molecule has 4 aromatic heterocycles. The molecule has 5 rings (SSSR count). The molecule has 31 heavy (non-hydrogen) atoms. The molecule has 1 saturated carbocycles. The van der Waals surface area contributed by atoms with Gasteiger partial charge in [-0.15, -0.1) is 11.3 Å². The summed E-state index contributed by atoms with van der Waals surface area (Å²) in [6, 6.07) is 6.09. The van der Waals surface area contributed by atoms with E-state index in [1.807, 2.05) is 39.9 Å². The van der Waals surface area contributed by atoms with Gasteiger partial charge < -0.3 is 14.6 Å². The number of aryl methyl sites for hydroxylation is 2. The Morgan fingerprint density at radius 3 is 2.77 bits per heavy atom. The summed E-state index contributed by atoms with van der Waals surface area (Å²) in [7, 11) is 1.62. The van der Waals surface area contributed by atoms with Crippen LogP contribution in [0.2, 0.25) is 0 Å². The molecule has 1 aliphatic carbocycles. The van der Waals surface area contributed by atoms with Gasteiger partial charge in [0.2, 0.25) is 5.88 Å². The molecular formula is C22H25N7OS. The van der Waals surface area contributed by atoms with Crippen molar-refractivity contribution in [1.82, 2.24) is 29.3 Å². The van der Waals surface area contributed by atoms with Crippen molar-refractivity contribution in [2.24, 2.45) is 0 Å². The second-order valence-corrected chi connectivity index (χ2v) is 8.96. The van der Waals surface area contributed by atoms with Crippen molar-refractivity contribution in [3.63, 3.8) is 0 Å². The van der Waals surface area contributed by atoms with Crippen LogP contribution in [0, 0.1) is 6.92 Å². The van der Waals surface area contributed by atoms with Crippen LogP contribution in [-0.4, -0.2) is 36.4 Å². The third-order valence-corrected chi connectivity index (χ3v) is 6.57. The second-order valence-electron chi connectivity index (χ2n) is 8.10. The number of hydrogen-bond donors (Lipinski definition) is 1. The summed E-state index contributed by atoms with van der Waals surface area (Å²) in [6.45, 7) is 7.13. The number of ether oxygens (including phenoxy) is 1. The van der Waals surface area contributed by atoms with Crippen LogP contribution in [0.5, 0.6) is 5.88 Å². The topological polar surface area (TPSA) is 82.7 Å². The fourth-order valence-corrected chi connectivity index (χ4v) is 4.25. The number of pyridine rings is 1. The van der Waals surface area contributed by atoms with Gasteiger partial charge in [-0.1, -0.05) is 6.92 Å². The minimum atomic E-state index is 0.236. The van der Waals surface area contributed by atoms with Crippen molar-refractivity contribution < 1.29 is 4.74 Å². The summed E-state index contributed by atoms with van der Waals surface area (Å²) >= 11 is 1.54. The number of imidazole rings is 1. The molecule has 160 valence electrons. The van der Waals surface area contributed by atoms with Gasteiger partial charge in [0, 0.05) is 29.6 Å². The average molecular weight is 436 g/mol. The Hall–Kier alpha value is -3.20. The summed E-state index contributed by atoms with van der Waals surface area (Å²) < 4.78 is 9.44. The SMILES string of the molecule is CCn1nc(C2(C)CC2)cc1Nc1csc(-c2ccc(-n3cnc(C)c3)c(OC)n2)n1. The zero-order valence-electron chi connectivity index (χ0n) is 18.1. The first-order chi connectivity index (χ1) is 15.0. The van der Waals surface area contributed by atoms with Crippen LogP contribution >= 0.6 is 11.3 Å². The molecule has 0 radical (unpaired) electrons. The molecule has 1 aliphatic rings. The molecule has 0 bridgehead atoms. The smallest absolute Gasteiger partial charge is 0.238 e. The average Bonchev–Trinajstić information content (AvgIpc) is 3.16. The lowest BCUT2D eigenvalue weighted by molar-refractivity contribution is 0.396. The monoisotopic (exact) mass is 435 g/mol. The van der Waals surface area contributed by atoms with E-state index >= 15 is 0 Å². The molecule has 0 atom stereocenters. The van der Waals surface area contributed by atoms with Gasteiger partial charge >= 0.3 is 0 Å². The number of rotatable bonds is 7. The lowest BCUT2D eigenvalue weighted by Gasteiger charge is -2.09. The van der Waals surface area contributed by atoms with Gasteiger partial charge in [0.25, 0.3) is 0 Å². The number of methoxy groups -OCH3 is 1. The normalized spacial score (nSPS) is 14.6. The predicted molar refractivity (Wildman–Crippen MR) is 122 cm³/mol. The third-order valence-electron chi connectivity index (χ3n) is 5.70. The summed E-state index contributed by atoms with van der Waals surface area (Å²) in [5, 5.41) is 11.0. The van der Waals surface area contributed by atoms with E-state index in [4.69, 9.17) is 14.8 Å². The number of aromatic nitrogens is 6. The largest absolute Gasteiger partial charge is 0.479 e. The summed E-state index contributed by atoms with van der Waals surface area (Å²) in [4.78, 5) is 13.7. The van der Waals surface area contributed by atoms with Crippen molar-refractivity contribution in [3.8, 4) is 22.3 Å². The minimum absolute atomic E-state index is 0.236. The fraction of sp³-hybridized carbons (Fsp3) is 0.364. The van der Waals surface area contributed by atoms with Gasteiger partial charge in [-0.2, -0.15) is 5.10 Å². The van der Waals surface area contributed by atoms with Crippen molar-refractivity contribution >= 4 is 23.0 Å². The van der Waals surface area contributed by atoms with Crippen molar-refractivity contribution in [2.45, 2.75) is 45.6 Å². The molecule has 9 heteroatoms. The summed E-state index contributed by atoms with van der Waals surface area (Å²) in [5.74, 6) is 2.29. The molecule has 0 aromatic carbocycles. The highest BCUT2D eigenvalue weighted by Crippen LogP contribution is 2.47. The molecule has 0 unspecified atom stereocenters. The van der Waals surface area contributed by atoms with E-state index < -0.39 is 0 Å². The number of hydrogen-bond acceptors (Lipinski definition) is 7. The van der Waals surface area contributed by atoms with E-state index in [0.717, 1.165) is 46.0 Å². The van der Waals surface area contributed by atoms with Gasteiger partial charge in [0.1, 0.15) is 28.0 Å². The molecule has 1 N–H and O–H groups in total. The fourth-order valence-electron chi connectivity index (χ4n) is 3.53. The third kappa shape index (κ3) is 3.69. The number of nitrogens with zero attached hydrogens (tertiary/aromatic N) is 6. The van der Waals surface area contributed by atoms with Crippen molar-refractivity contribution in [1.29, 1.82) is 0 Å². The Morgan fingerprint density at radius 2 is 2.10 bits per heavy atom. The minimum Gasteiger partial charge on any atom is -0.479 e. The van der Waals surface area contributed by atoms with E-state index in [1.54, 1.807) is 24.8 Å². The Bertz CT molecular complexity index is 1230. The second kappa shape index (κ2) is 7.49. The summed E-state index contributed by atoms with van der Waals surface area (Å²) in [6.07, 6.45) is 6.11. The van der Waals surface area contributed by atoms with Crippen LogP contribution in [0.4, 0.5) is 11.6 Å². The van der Waals surface area contributed by atoms with Gasteiger partial charge in [-0.3, -0.25) is 0 Å². The molecule has 0 aliphatic heterocycles. The van der Waals surface area contributed by atoms with Crippen LogP contribution in [0.15, 0.2) is 36.1 Å². The van der Waals surface area contributed by atoms with Crippen LogP contribution < -0.4 is 10.1 Å². The Morgan fingerprint density at radius 1 is 1.26 bits per heavy atom. The highest BCUT2D eigenvalue weighted by Gasteiger charge is 2.41. The van der Waals surface area contributed by atoms with E-state index in [-0.39, 0.29) is 5.41 Å². The van der Waals surface area contributed by atoms with E-state index in [2.05, 4.69) is 35.2 Å². The van der Waals surface area contributed by atoms with Crippen molar-refractivity contribution in [2.75, 3.05) is 12.4 Å². The lowest BCUT2D eigenvalue weighted by atomic mass is 10.1. The molecule has 1 fully saturated rings. The highest BCUT2D eigenvalue weighted by molar-refractivity contribution is 7.13. The quantitative estimate of drug-likeness (QED) is 0.452. The first-order valence-electron chi connectivity index (χ1n) is 10.4. The molecular weight excluding hydrogens is 410 g/mol. The first kappa shape index (κ1) is 19.7. The number of anilines is 2. The molecule has 4 heterocycles. The predicted octanol–water partition coefficient (Wildman–Crippen LogP) is 4.72. The molecule has 4 aromatic rings. The van der Waals surface area contributed by atoms with Crippen LogP contribution in [0.1, 0.15) is 38.1 Å². The Kier molecular flexibility index (Phi) is 4.77. The van der Waals surface area contributed by atoms with Gasteiger partial charge in [-0.05, 0) is 38.8 Å². The highest BCUT2D eigenvalue weighted by atomic mass is 32.1. The maximum atomic E-state index is 5.53. The van der Waals surface area contributed by atoms with E-state index in [0.29, 0.717) is 5.88 Å². The zero-order chi connectivity index (χ0) is 21.6. The maximum Gasteiger partial charge on any atom is 0.238 e. The van der Waals surface area contributed by atoms with Crippen molar-refractivity contribution in [3.05, 3.63) is 47.5 Å². The maximum absolute atomic E-state index is 5.53. The van der Waals surface area contributed by atoms with Gasteiger partial charge in [0.15, 0.2) is 0 Å². The standard InChI is InChI=1S/C22H25N7OS/c1-5-29-19(10-17(27-29)22(3)8-9-22)25-18-12-31-21(26-18)15-6-7-16(20(24-15)30-4)28-11-14(2)23-13-28/h6-7,10-13,25H,5,8-9H2,1-4H3. The number of nitrogens with one attached hydrogen (secondary N) is 1. The first-order valence-corrected chi connectivity index (χ1v) is 11.2. The van der Waals surface area contributed by atoms with Crippen LogP contribution in [0.25, 0.3) is 16.4 Å². The van der Waals surface area contributed by atoms with Crippen LogP contribution in [-0.2, 0) is 12.0 Å². The van der Waals surface area contributed by atoms with Crippen LogP contribution in [0.3, 0.4) is 0 Å². The molecule has 0 saturated heterocycles. The van der Waals surface area contributed by atoms with E-state index in [9.17, 15) is 0 Å². The Balaban J connectivity index is 1.40. The summed E-state index contributed by atoms with van der Waals surface area (Å²) in [5.41, 5.74) is 3.94. The molecule has 8 nitrogen and oxygen atoms in total. The van der Waals surface area contributed by atoms with Gasteiger partial charge in [-0.25, -0.2) is 19.6 Å². The molecule has 0 amide bonds. The zero-order valence-corrected chi connectivity index (χ0v) is 18.9. The Labute approximate surface area is 185 Å². The lowest BCUT2D eigenvalue weighted by Crippen LogP contribution is -2.05. The van der Waals surface area contributed by atoms with E-state index in [1.165, 1.54) is 12.8 Å². The van der Waals surface area contributed by atoms with Gasteiger partial charge in [0.05, 0.1) is 24.8 Å². The number of thiazole rings is 1. The molecule has 0 spiro atoms.